The van der Waals surface area contributed by atoms with Crippen molar-refractivity contribution in [1.82, 2.24) is 4.31 Å². The van der Waals surface area contributed by atoms with E-state index in [1.54, 1.807) is 12.1 Å². The van der Waals surface area contributed by atoms with Gasteiger partial charge in [0.2, 0.25) is 10.0 Å². The first-order valence-corrected chi connectivity index (χ1v) is 7.21. The molecule has 0 saturated carbocycles. The van der Waals surface area contributed by atoms with Crippen molar-refractivity contribution in [1.29, 1.82) is 0 Å². The summed E-state index contributed by atoms with van der Waals surface area (Å²) >= 11 is 0. The summed E-state index contributed by atoms with van der Waals surface area (Å²) in [7, 11) is -0.862. The molecular formula is C12H18N2O4S. The molecule has 1 aromatic carbocycles. The molecule has 0 unspecified atom stereocenters. The summed E-state index contributed by atoms with van der Waals surface area (Å²) in [5.74, 6) is -0.356. The quantitative estimate of drug-likeness (QED) is 0.618. The second-order valence-corrected chi connectivity index (χ2v) is 6.06. The highest BCUT2D eigenvalue weighted by atomic mass is 32.2. The molecule has 0 atom stereocenters. The molecule has 2 N–H and O–H groups in total. The SMILES string of the molecule is COC(=O)CCCN(C)S(=O)(=O)c1ccccc1N. The van der Waals surface area contributed by atoms with Crippen LogP contribution in [0.3, 0.4) is 0 Å². The average molecular weight is 286 g/mol. The normalized spacial score (nSPS) is 11.5. The van der Waals surface area contributed by atoms with Crippen LogP contribution in [0, 0.1) is 0 Å². The van der Waals surface area contributed by atoms with Crippen LogP contribution in [0.15, 0.2) is 29.2 Å². The van der Waals surface area contributed by atoms with Gasteiger partial charge in [-0.05, 0) is 18.6 Å². The van der Waals surface area contributed by atoms with Gasteiger partial charge in [-0.15, -0.1) is 0 Å². The van der Waals surface area contributed by atoms with E-state index in [9.17, 15) is 13.2 Å². The number of ether oxygens (including phenoxy) is 1. The number of sulfonamides is 1. The standard InChI is InChI=1S/C12H18N2O4S/c1-14(9-5-8-12(15)18-2)19(16,17)11-7-4-3-6-10(11)13/h3-4,6-7H,5,8-9,13H2,1-2H3. The number of rotatable bonds is 6. The van der Waals surface area contributed by atoms with Gasteiger partial charge >= 0.3 is 5.97 Å². The Balaban J connectivity index is 2.73. The lowest BCUT2D eigenvalue weighted by Gasteiger charge is -2.17. The van der Waals surface area contributed by atoms with E-state index in [4.69, 9.17) is 5.73 Å². The van der Waals surface area contributed by atoms with Crippen LogP contribution in [0.4, 0.5) is 5.69 Å². The summed E-state index contributed by atoms with van der Waals surface area (Å²) < 4.78 is 30.1. The van der Waals surface area contributed by atoms with E-state index in [0.29, 0.717) is 6.42 Å². The minimum absolute atomic E-state index is 0.0792. The molecule has 106 valence electrons. The Morgan fingerprint density at radius 2 is 2.00 bits per heavy atom. The zero-order valence-electron chi connectivity index (χ0n) is 11.0. The fraction of sp³-hybridized carbons (Fsp3) is 0.417. The number of nitrogens with zero attached hydrogens (tertiary/aromatic N) is 1. The molecule has 0 radical (unpaired) electrons. The molecule has 0 saturated heterocycles. The van der Waals surface area contributed by atoms with Crippen molar-refractivity contribution in [3.63, 3.8) is 0 Å². The molecule has 0 aliphatic carbocycles. The van der Waals surface area contributed by atoms with Crippen LogP contribution in [0.25, 0.3) is 0 Å². The lowest BCUT2D eigenvalue weighted by Crippen LogP contribution is -2.29. The predicted octanol–water partition coefficient (Wildman–Crippen LogP) is 0.842. The third-order valence-corrected chi connectivity index (χ3v) is 4.62. The van der Waals surface area contributed by atoms with Crippen molar-refractivity contribution in [2.75, 3.05) is 26.4 Å². The molecule has 19 heavy (non-hydrogen) atoms. The van der Waals surface area contributed by atoms with Crippen LogP contribution in [0.5, 0.6) is 0 Å². The Morgan fingerprint density at radius 3 is 2.58 bits per heavy atom. The monoisotopic (exact) mass is 286 g/mol. The Morgan fingerprint density at radius 1 is 1.37 bits per heavy atom. The summed E-state index contributed by atoms with van der Waals surface area (Å²) in [5, 5.41) is 0. The highest BCUT2D eigenvalue weighted by Crippen LogP contribution is 2.21. The number of hydrogen-bond donors (Lipinski definition) is 1. The van der Waals surface area contributed by atoms with Crippen molar-refractivity contribution in [3.05, 3.63) is 24.3 Å². The van der Waals surface area contributed by atoms with Gasteiger partial charge in [-0.2, -0.15) is 0 Å². The highest BCUT2D eigenvalue weighted by Gasteiger charge is 2.22. The lowest BCUT2D eigenvalue weighted by molar-refractivity contribution is -0.140. The summed E-state index contributed by atoms with van der Waals surface area (Å²) in [6, 6.07) is 6.29. The second-order valence-electron chi connectivity index (χ2n) is 4.04. The molecule has 7 heteroatoms. The van der Waals surface area contributed by atoms with Gasteiger partial charge in [0, 0.05) is 20.0 Å². The Hall–Kier alpha value is -1.60. The van der Waals surface area contributed by atoms with Crippen molar-refractivity contribution >= 4 is 21.7 Å². The maximum atomic E-state index is 12.2. The van der Waals surface area contributed by atoms with Crippen molar-refractivity contribution in [2.45, 2.75) is 17.7 Å². The summed E-state index contributed by atoms with van der Waals surface area (Å²) in [6.07, 6.45) is 0.579. The number of benzene rings is 1. The molecule has 6 nitrogen and oxygen atoms in total. The average Bonchev–Trinajstić information content (AvgIpc) is 2.38. The van der Waals surface area contributed by atoms with Gasteiger partial charge in [0.1, 0.15) is 4.90 Å². The van der Waals surface area contributed by atoms with E-state index in [1.807, 2.05) is 0 Å². The van der Waals surface area contributed by atoms with Gasteiger partial charge in [0.25, 0.3) is 0 Å². The molecule has 1 rings (SSSR count). The number of anilines is 1. The van der Waals surface area contributed by atoms with E-state index in [-0.39, 0.29) is 29.5 Å². The van der Waals surface area contributed by atoms with Crippen LogP contribution in [-0.4, -0.2) is 39.4 Å². The maximum Gasteiger partial charge on any atom is 0.305 e. The second kappa shape index (κ2) is 6.53. The van der Waals surface area contributed by atoms with Gasteiger partial charge in [-0.25, -0.2) is 12.7 Å². The number of carbonyl (C=O) groups excluding carboxylic acids is 1. The molecule has 0 spiro atoms. The number of esters is 1. The molecule has 0 heterocycles. The van der Waals surface area contributed by atoms with Gasteiger partial charge in [-0.3, -0.25) is 4.79 Å². The van der Waals surface area contributed by atoms with Crippen LogP contribution >= 0.6 is 0 Å². The fourth-order valence-electron chi connectivity index (χ4n) is 1.55. The Bertz CT molecular complexity index is 542. The zero-order chi connectivity index (χ0) is 14.5. The molecule has 0 amide bonds. The number of hydrogen-bond acceptors (Lipinski definition) is 5. The largest absolute Gasteiger partial charge is 0.469 e. The van der Waals surface area contributed by atoms with Gasteiger partial charge < -0.3 is 10.5 Å². The van der Waals surface area contributed by atoms with Crippen molar-refractivity contribution in [2.24, 2.45) is 0 Å². The summed E-state index contributed by atoms with van der Waals surface area (Å²) in [6.45, 7) is 0.228. The van der Waals surface area contributed by atoms with Crippen molar-refractivity contribution < 1.29 is 17.9 Å². The smallest absolute Gasteiger partial charge is 0.305 e. The van der Waals surface area contributed by atoms with Crippen LogP contribution in [-0.2, 0) is 19.6 Å². The number of para-hydroxylation sites is 1. The molecular weight excluding hydrogens is 268 g/mol. The molecule has 0 aliphatic heterocycles. The predicted molar refractivity (Wildman–Crippen MR) is 71.9 cm³/mol. The van der Waals surface area contributed by atoms with Gasteiger partial charge in [0.15, 0.2) is 0 Å². The van der Waals surface area contributed by atoms with Gasteiger partial charge in [-0.1, -0.05) is 12.1 Å². The number of nitrogen functional groups attached to an aromatic ring is 1. The molecule has 1 aromatic rings. The van der Waals surface area contributed by atoms with Crippen molar-refractivity contribution in [3.8, 4) is 0 Å². The molecule has 0 bridgehead atoms. The van der Waals surface area contributed by atoms with E-state index < -0.39 is 10.0 Å². The first-order chi connectivity index (χ1) is 8.89. The first kappa shape index (κ1) is 15.5. The number of nitrogens with two attached hydrogens (primary N) is 1. The van der Waals surface area contributed by atoms with Crippen LogP contribution < -0.4 is 5.73 Å². The third-order valence-electron chi connectivity index (χ3n) is 2.69. The zero-order valence-corrected chi connectivity index (χ0v) is 11.8. The topological polar surface area (TPSA) is 89.7 Å². The third kappa shape index (κ3) is 3.93. The van der Waals surface area contributed by atoms with E-state index in [2.05, 4.69) is 4.74 Å². The molecule has 0 aromatic heterocycles. The van der Waals surface area contributed by atoms with Crippen LogP contribution in [0.1, 0.15) is 12.8 Å². The minimum Gasteiger partial charge on any atom is -0.469 e. The van der Waals surface area contributed by atoms with E-state index in [0.717, 1.165) is 0 Å². The minimum atomic E-state index is -3.62. The summed E-state index contributed by atoms with van der Waals surface area (Å²) in [4.78, 5) is 11.0. The first-order valence-electron chi connectivity index (χ1n) is 5.77. The maximum absolute atomic E-state index is 12.2. The Kier molecular flexibility index (Phi) is 5.31. The fourth-order valence-corrected chi connectivity index (χ4v) is 2.87. The van der Waals surface area contributed by atoms with Gasteiger partial charge in [0.05, 0.1) is 12.8 Å². The van der Waals surface area contributed by atoms with E-state index >= 15 is 0 Å². The molecule has 0 fully saturated rings. The number of carbonyl (C=O) groups is 1. The molecule has 0 aliphatic rings. The lowest BCUT2D eigenvalue weighted by atomic mass is 10.3. The highest BCUT2D eigenvalue weighted by molar-refractivity contribution is 7.89. The number of methoxy groups -OCH3 is 1. The van der Waals surface area contributed by atoms with Crippen LogP contribution in [0.2, 0.25) is 0 Å². The van der Waals surface area contributed by atoms with E-state index in [1.165, 1.54) is 30.6 Å². The Labute approximate surface area is 113 Å². The summed E-state index contributed by atoms with van der Waals surface area (Å²) in [5.41, 5.74) is 5.87.